The molecular weight excluding hydrogens is 620 g/mol. The number of nitrogen functional groups attached to an aromatic ring is 1. The van der Waals surface area contributed by atoms with E-state index in [-0.39, 0.29) is 23.5 Å². The molecule has 5 heterocycles. The molecule has 9 N–H and O–H groups in total. The zero-order valence-electron chi connectivity index (χ0n) is 22.0. The van der Waals surface area contributed by atoms with Crippen LogP contribution in [-0.2, 0) is 38.5 Å². The molecule has 22 heteroatoms. The molecule has 20 nitrogen and oxygen atoms in total. The molecule has 0 amide bonds. The van der Waals surface area contributed by atoms with Gasteiger partial charge in [0.1, 0.15) is 42.4 Å². The van der Waals surface area contributed by atoms with Gasteiger partial charge in [0.2, 0.25) is 0 Å². The van der Waals surface area contributed by atoms with Gasteiger partial charge in [-0.25, -0.2) is 23.8 Å². The Balaban J connectivity index is 1.15. The first-order valence-electron chi connectivity index (χ1n) is 12.6. The fraction of sp³-hybridized carbons (Fsp3) is 0.524. The predicted octanol–water partition coefficient (Wildman–Crippen LogP) is -3.29. The molecule has 0 bridgehead atoms. The highest BCUT2D eigenvalue weighted by Gasteiger charge is 2.49. The van der Waals surface area contributed by atoms with Crippen molar-refractivity contribution in [2.75, 3.05) is 18.9 Å². The van der Waals surface area contributed by atoms with Crippen LogP contribution in [0.3, 0.4) is 0 Å². The molecule has 0 radical (unpaired) electrons. The van der Waals surface area contributed by atoms with Gasteiger partial charge in [0, 0.05) is 18.2 Å². The van der Waals surface area contributed by atoms with Gasteiger partial charge in [0.05, 0.1) is 19.5 Å². The van der Waals surface area contributed by atoms with E-state index in [4.69, 9.17) is 20.9 Å². The Morgan fingerprint density at radius 2 is 1.72 bits per heavy atom. The third kappa shape index (κ3) is 6.77. The van der Waals surface area contributed by atoms with Crippen LogP contribution in [0.4, 0.5) is 5.82 Å². The molecular formula is C21H29N7O13P2. The van der Waals surface area contributed by atoms with Gasteiger partial charge in [0.15, 0.2) is 36.2 Å². The van der Waals surface area contributed by atoms with Crippen LogP contribution in [0.1, 0.15) is 18.0 Å². The fourth-order valence-corrected chi connectivity index (χ4v) is 6.65. The Hall–Kier alpha value is -2.52. The molecule has 0 aliphatic carbocycles. The minimum atomic E-state index is -5.56. The van der Waals surface area contributed by atoms with Crippen molar-refractivity contribution < 1.29 is 66.7 Å². The van der Waals surface area contributed by atoms with E-state index in [1.807, 2.05) is 0 Å². The summed E-state index contributed by atoms with van der Waals surface area (Å²) in [5, 5.41) is 41.6. The highest BCUT2D eigenvalue weighted by atomic mass is 31.3. The van der Waals surface area contributed by atoms with Crippen molar-refractivity contribution in [3.8, 4) is 0 Å². The van der Waals surface area contributed by atoms with Gasteiger partial charge >= 0.3 is 7.82 Å². The van der Waals surface area contributed by atoms with Crippen molar-refractivity contribution in [3.63, 3.8) is 0 Å². The molecule has 10 atom stereocenters. The monoisotopic (exact) mass is 649 g/mol. The number of imidazole rings is 1. The van der Waals surface area contributed by atoms with E-state index in [9.17, 15) is 39.3 Å². The minimum absolute atomic E-state index is 0.0560. The van der Waals surface area contributed by atoms with E-state index in [0.29, 0.717) is 5.56 Å². The van der Waals surface area contributed by atoms with Crippen LogP contribution in [0.5, 0.6) is 0 Å². The summed E-state index contributed by atoms with van der Waals surface area (Å²) in [6, 6.07) is 3.36. The lowest BCUT2D eigenvalue weighted by Crippen LogP contribution is -2.46. The van der Waals surface area contributed by atoms with Gasteiger partial charge in [0.25, 0.3) is 14.1 Å². The summed E-state index contributed by atoms with van der Waals surface area (Å²) in [4.78, 5) is 34.1. The van der Waals surface area contributed by atoms with E-state index >= 15 is 0 Å². The van der Waals surface area contributed by atoms with Gasteiger partial charge in [-0.1, -0.05) is 0 Å². The van der Waals surface area contributed by atoms with Gasteiger partial charge in [-0.05, 0) is 6.07 Å². The van der Waals surface area contributed by atoms with Crippen LogP contribution in [0.2, 0.25) is 0 Å². The molecule has 43 heavy (non-hydrogen) atoms. The summed E-state index contributed by atoms with van der Waals surface area (Å²) < 4.78 is 51.9. The summed E-state index contributed by atoms with van der Waals surface area (Å²) in [5.41, 5.74) is 12.4. The van der Waals surface area contributed by atoms with Gasteiger partial charge < -0.3 is 55.7 Å². The highest BCUT2D eigenvalue weighted by Crippen LogP contribution is 2.58. The standard InChI is InChI=1S/C21H29N7O13P2/c22-4-10-2-1-3-27(5-10)20-16(31)14(29)11(39-20)6-37-42(33,34)41-43(35,36)38-7-12-15(30)17(32)21(40-12)28-9-26-13-18(23)24-8-25-19(13)28/h1-3,5,8-9,11-12,14-17,20-21,29-32H,4,6-7,22H2,(H3-,23,24,25,33,34,35,36)/t11-,12-,14-,15-,16-,17-,20-,21-/m1/s1. The quantitative estimate of drug-likeness (QED) is 0.0790. The first kappa shape index (κ1) is 31.9. The Morgan fingerprint density at radius 3 is 2.47 bits per heavy atom. The van der Waals surface area contributed by atoms with E-state index in [1.54, 1.807) is 18.3 Å². The number of fused-ring (bicyclic) bond motifs is 1. The molecule has 3 aromatic rings. The maximum absolute atomic E-state index is 12.4. The van der Waals surface area contributed by atoms with Gasteiger partial charge in [-0.2, -0.15) is 4.57 Å². The average Bonchev–Trinajstić information content (AvgIpc) is 3.61. The number of nitrogens with two attached hydrogens (primary N) is 2. The Bertz CT molecular complexity index is 1550. The maximum Gasteiger partial charge on any atom is 0.478 e. The third-order valence-electron chi connectivity index (χ3n) is 6.75. The second-order valence-electron chi connectivity index (χ2n) is 9.63. The number of aromatic nitrogens is 5. The van der Waals surface area contributed by atoms with Crippen molar-refractivity contribution in [2.45, 2.75) is 55.6 Å². The fourth-order valence-electron chi connectivity index (χ4n) is 4.59. The second kappa shape index (κ2) is 12.5. The number of aliphatic hydroxyl groups excluding tert-OH is 4. The van der Waals surface area contributed by atoms with Crippen molar-refractivity contribution >= 4 is 32.6 Å². The third-order valence-corrected chi connectivity index (χ3v) is 9.32. The summed E-state index contributed by atoms with van der Waals surface area (Å²) in [6.45, 7) is -1.60. The van der Waals surface area contributed by atoms with Crippen LogP contribution < -0.4 is 20.9 Å². The molecule has 5 rings (SSSR count). The van der Waals surface area contributed by atoms with Gasteiger partial charge in [-0.15, -0.1) is 0 Å². The van der Waals surface area contributed by atoms with Crippen molar-refractivity contribution in [2.24, 2.45) is 5.73 Å². The summed E-state index contributed by atoms with van der Waals surface area (Å²) in [6.07, 6.45) is -6.01. The maximum atomic E-state index is 12.4. The SMILES string of the molecule is NCc1ccc[n+]([C@@H]2O[C@H](COP(=O)([O-])OP(=O)(O)OC[C@H]3O[C@@H](n4cnc5c(N)ncnc54)[C@H](O)[C@@H]3O)[C@@H](O)[C@H]2O)c1. The molecule has 2 unspecified atom stereocenters. The number of hydrogen-bond donors (Lipinski definition) is 7. The lowest BCUT2D eigenvalue weighted by molar-refractivity contribution is -0.766. The average molecular weight is 649 g/mol. The molecule has 2 fully saturated rings. The van der Waals surface area contributed by atoms with Crippen molar-refractivity contribution in [1.29, 1.82) is 0 Å². The zero-order valence-corrected chi connectivity index (χ0v) is 23.8. The van der Waals surface area contributed by atoms with E-state index in [1.165, 1.54) is 21.7 Å². The number of anilines is 1. The number of rotatable bonds is 11. The summed E-state index contributed by atoms with van der Waals surface area (Å²) >= 11 is 0. The van der Waals surface area contributed by atoms with Gasteiger partial charge in [-0.3, -0.25) is 13.7 Å². The normalized spacial score (nSPS) is 32.2. The highest BCUT2D eigenvalue weighted by molar-refractivity contribution is 7.60. The van der Waals surface area contributed by atoms with E-state index in [0.717, 1.165) is 6.33 Å². The number of ether oxygens (including phenoxy) is 2. The van der Waals surface area contributed by atoms with Crippen LogP contribution in [0.25, 0.3) is 11.2 Å². The lowest BCUT2D eigenvalue weighted by atomic mass is 10.1. The van der Waals surface area contributed by atoms with E-state index in [2.05, 4.69) is 28.3 Å². The summed E-state index contributed by atoms with van der Waals surface area (Å²) in [5.74, 6) is 0.0560. The van der Waals surface area contributed by atoms with Crippen LogP contribution in [0.15, 0.2) is 37.2 Å². The molecule has 0 aromatic carbocycles. The predicted molar refractivity (Wildman–Crippen MR) is 137 cm³/mol. The number of nitrogens with zero attached hydrogens (tertiary/aromatic N) is 5. The number of pyridine rings is 1. The van der Waals surface area contributed by atoms with Crippen molar-refractivity contribution in [1.82, 2.24) is 19.5 Å². The topological polar surface area (TPSA) is 304 Å². The first-order valence-corrected chi connectivity index (χ1v) is 15.6. The molecule has 0 saturated carbocycles. The molecule has 2 saturated heterocycles. The largest absolute Gasteiger partial charge is 0.756 e. The minimum Gasteiger partial charge on any atom is -0.756 e. The second-order valence-corrected chi connectivity index (χ2v) is 12.6. The lowest BCUT2D eigenvalue weighted by Gasteiger charge is -2.26. The molecule has 2 aliphatic heterocycles. The van der Waals surface area contributed by atoms with Crippen LogP contribution in [-0.4, -0.2) is 94.7 Å². The smallest absolute Gasteiger partial charge is 0.478 e. The number of phosphoric acid groups is 2. The molecule has 3 aromatic heterocycles. The van der Waals surface area contributed by atoms with Crippen LogP contribution in [0, 0.1) is 0 Å². The molecule has 0 spiro atoms. The number of phosphoric ester groups is 2. The Kier molecular flexibility index (Phi) is 9.25. The molecule has 2 aliphatic rings. The summed E-state index contributed by atoms with van der Waals surface area (Å²) in [7, 11) is -11.0. The van der Waals surface area contributed by atoms with Crippen molar-refractivity contribution in [3.05, 3.63) is 42.7 Å². The first-order chi connectivity index (χ1) is 20.3. The Labute approximate surface area is 242 Å². The van der Waals surface area contributed by atoms with E-state index < -0.39 is 77.9 Å². The van der Waals surface area contributed by atoms with Crippen LogP contribution >= 0.6 is 15.6 Å². The number of aliphatic hydroxyl groups is 4. The zero-order chi connectivity index (χ0) is 31.1. The Morgan fingerprint density at radius 1 is 1.02 bits per heavy atom. The number of hydrogen-bond acceptors (Lipinski definition) is 17. The molecule has 236 valence electrons.